The van der Waals surface area contributed by atoms with Crippen molar-refractivity contribution in [1.82, 2.24) is 5.32 Å². The van der Waals surface area contributed by atoms with Crippen LogP contribution in [0.1, 0.15) is 38.2 Å². The second-order valence-corrected chi connectivity index (χ2v) is 6.28. The van der Waals surface area contributed by atoms with Gasteiger partial charge in [0, 0.05) is 24.1 Å². The fraction of sp³-hybridized carbons (Fsp3) is 0.529. The Balaban J connectivity index is 1.51. The molecule has 4 nitrogen and oxygen atoms in total. The van der Waals surface area contributed by atoms with Gasteiger partial charge in [-0.25, -0.2) is 0 Å². The highest BCUT2D eigenvalue weighted by Gasteiger charge is 2.30. The van der Waals surface area contributed by atoms with Crippen LogP contribution in [0, 0.1) is 11.8 Å². The second-order valence-electron chi connectivity index (χ2n) is 6.28. The Morgan fingerprint density at radius 2 is 2.14 bits per heavy atom. The van der Waals surface area contributed by atoms with Crippen LogP contribution in [0.15, 0.2) is 24.3 Å². The van der Waals surface area contributed by atoms with E-state index in [0.29, 0.717) is 18.8 Å². The Hall–Kier alpha value is -1.84. The van der Waals surface area contributed by atoms with Crippen molar-refractivity contribution in [2.24, 2.45) is 11.8 Å². The summed E-state index contributed by atoms with van der Waals surface area (Å²) in [5, 5.41) is 5.98. The summed E-state index contributed by atoms with van der Waals surface area (Å²) >= 11 is 0. The van der Waals surface area contributed by atoms with E-state index >= 15 is 0 Å². The molecule has 0 radical (unpaired) electrons. The number of hydrogen-bond donors (Lipinski definition) is 2. The fourth-order valence-electron chi connectivity index (χ4n) is 2.99. The minimum absolute atomic E-state index is 0.0386. The topological polar surface area (TPSA) is 58.2 Å². The molecule has 2 N–H and O–H groups in total. The van der Waals surface area contributed by atoms with E-state index in [2.05, 4.69) is 17.6 Å². The van der Waals surface area contributed by atoms with Gasteiger partial charge in [0.25, 0.3) is 0 Å². The molecule has 0 bridgehead atoms. The minimum Gasteiger partial charge on any atom is -0.353 e. The van der Waals surface area contributed by atoms with Crippen LogP contribution in [0.25, 0.3) is 0 Å². The van der Waals surface area contributed by atoms with Crippen molar-refractivity contribution < 1.29 is 9.59 Å². The van der Waals surface area contributed by atoms with E-state index in [4.69, 9.17) is 0 Å². The predicted octanol–water partition coefficient (Wildman–Crippen LogP) is 2.49. The van der Waals surface area contributed by atoms with Crippen LogP contribution in [-0.2, 0) is 16.0 Å². The lowest BCUT2D eigenvalue weighted by Crippen LogP contribution is -2.35. The fourth-order valence-corrected chi connectivity index (χ4v) is 2.99. The first-order valence-electron chi connectivity index (χ1n) is 7.81. The van der Waals surface area contributed by atoms with E-state index in [1.807, 2.05) is 24.3 Å². The summed E-state index contributed by atoms with van der Waals surface area (Å²) in [4.78, 5) is 24.0. The van der Waals surface area contributed by atoms with Gasteiger partial charge in [-0.05, 0) is 50.2 Å². The molecule has 2 atom stereocenters. The van der Waals surface area contributed by atoms with Crippen molar-refractivity contribution in [2.75, 3.05) is 5.32 Å². The molecular weight excluding hydrogens is 264 g/mol. The van der Waals surface area contributed by atoms with Gasteiger partial charge >= 0.3 is 0 Å². The number of carbonyl (C=O) groups excluding carboxylic acids is 2. The Bertz CT molecular complexity index is 551. The maximum atomic E-state index is 12.1. The van der Waals surface area contributed by atoms with E-state index in [-0.39, 0.29) is 23.8 Å². The van der Waals surface area contributed by atoms with Gasteiger partial charge in [-0.15, -0.1) is 0 Å². The predicted molar refractivity (Wildman–Crippen MR) is 81.8 cm³/mol. The number of para-hydroxylation sites is 1. The normalized spacial score (nSPS) is 22.1. The van der Waals surface area contributed by atoms with Crippen LogP contribution in [0.2, 0.25) is 0 Å². The SMILES string of the molecule is CC(NC(=O)CCC1Cc2ccccc2NC1=O)C1CC1. The van der Waals surface area contributed by atoms with Gasteiger partial charge in [-0.1, -0.05) is 18.2 Å². The standard InChI is InChI=1S/C17H22N2O2/c1-11(12-6-7-12)18-16(20)9-8-14-10-13-4-2-3-5-15(13)19-17(14)21/h2-5,11-12,14H,6-10H2,1H3,(H,18,20)(H,19,21). The zero-order valence-corrected chi connectivity index (χ0v) is 12.4. The molecule has 1 heterocycles. The zero-order chi connectivity index (χ0) is 14.8. The quantitative estimate of drug-likeness (QED) is 0.873. The van der Waals surface area contributed by atoms with Crippen LogP contribution < -0.4 is 10.6 Å². The molecule has 1 fully saturated rings. The number of benzene rings is 1. The average molecular weight is 286 g/mol. The first-order valence-corrected chi connectivity index (χ1v) is 7.81. The molecule has 3 rings (SSSR count). The third-order valence-corrected chi connectivity index (χ3v) is 4.55. The summed E-state index contributed by atoms with van der Waals surface area (Å²) < 4.78 is 0. The highest BCUT2D eigenvalue weighted by Crippen LogP contribution is 2.32. The lowest BCUT2D eigenvalue weighted by molar-refractivity contribution is -0.123. The first-order chi connectivity index (χ1) is 10.1. The number of amides is 2. The Morgan fingerprint density at radius 1 is 1.38 bits per heavy atom. The molecule has 112 valence electrons. The van der Waals surface area contributed by atoms with E-state index in [0.717, 1.165) is 17.7 Å². The Morgan fingerprint density at radius 3 is 2.90 bits per heavy atom. The largest absolute Gasteiger partial charge is 0.353 e. The highest BCUT2D eigenvalue weighted by molar-refractivity contribution is 5.96. The van der Waals surface area contributed by atoms with Crippen molar-refractivity contribution in [3.63, 3.8) is 0 Å². The molecule has 1 aromatic rings. The molecule has 0 saturated heterocycles. The van der Waals surface area contributed by atoms with Crippen molar-refractivity contribution in [3.8, 4) is 0 Å². The average Bonchev–Trinajstić information content (AvgIpc) is 3.29. The van der Waals surface area contributed by atoms with Crippen LogP contribution in [0.4, 0.5) is 5.69 Å². The summed E-state index contributed by atoms with van der Waals surface area (Å²) in [6.45, 7) is 2.07. The van der Waals surface area contributed by atoms with Crippen molar-refractivity contribution in [3.05, 3.63) is 29.8 Å². The molecule has 1 aliphatic heterocycles. The summed E-state index contributed by atoms with van der Waals surface area (Å²) in [5.41, 5.74) is 2.07. The number of nitrogens with one attached hydrogen (secondary N) is 2. The van der Waals surface area contributed by atoms with Gasteiger partial charge < -0.3 is 10.6 Å². The lowest BCUT2D eigenvalue weighted by atomic mass is 9.89. The first kappa shape index (κ1) is 14.1. The molecule has 1 aromatic carbocycles. The van der Waals surface area contributed by atoms with Crippen LogP contribution in [0.3, 0.4) is 0 Å². The van der Waals surface area contributed by atoms with Crippen molar-refractivity contribution >= 4 is 17.5 Å². The molecule has 2 aliphatic rings. The van der Waals surface area contributed by atoms with E-state index < -0.39 is 0 Å². The lowest BCUT2D eigenvalue weighted by Gasteiger charge is -2.24. The van der Waals surface area contributed by atoms with Crippen molar-refractivity contribution in [2.45, 2.75) is 45.1 Å². The summed E-state index contributed by atoms with van der Waals surface area (Å²) in [6, 6.07) is 8.15. The third kappa shape index (κ3) is 3.43. The number of fused-ring (bicyclic) bond motifs is 1. The van der Waals surface area contributed by atoms with Gasteiger partial charge in [-0.3, -0.25) is 9.59 Å². The summed E-state index contributed by atoms with van der Waals surface area (Å²) in [6.07, 6.45) is 4.22. The zero-order valence-electron chi connectivity index (χ0n) is 12.4. The maximum Gasteiger partial charge on any atom is 0.227 e. The van der Waals surface area contributed by atoms with Crippen LogP contribution in [0.5, 0.6) is 0 Å². The number of rotatable bonds is 5. The highest BCUT2D eigenvalue weighted by atomic mass is 16.2. The minimum atomic E-state index is -0.0955. The molecule has 0 aromatic heterocycles. The van der Waals surface area contributed by atoms with Crippen molar-refractivity contribution in [1.29, 1.82) is 0 Å². The molecule has 1 saturated carbocycles. The molecule has 21 heavy (non-hydrogen) atoms. The van der Waals surface area contributed by atoms with Gasteiger partial charge in [0.15, 0.2) is 0 Å². The Kier molecular flexibility index (Phi) is 3.95. The third-order valence-electron chi connectivity index (χ3n) is 4.55. The molecule has 4 heteroatoms. The van der Waals surface area contributed by atoms with Crippen LogP contribution in [-0.4, -0.2) is 17.9 Å². The van der Waals surface area contributed by atoms with Gasteiger partial charge in [0.2, 0.25) is 11.8 Å². The van der Waals surface area contributed by atoms with E-state index in [9.17, 15) is 9.59 Å². The number of hydrogen-bond acceptors (Lipinski definition) is 2. The monoisotopic (exact) mass is 286 g/mol. The van der Waals surface area contributed by atoms with Gasteiger partial charge in [0.1, 0.15) is 0 Å². The molecular formula is C17H22N2O2. The van der Waals surface area contributed by atoms with E-state index in [1.54, 1.807) is 0 Å². The Labute approximate surface area is 125 Å². The molecule has 2 unspecified atom stereocenters. The maximum absolute atomic E-state index is 12.1. The summed E-state index contributed by atoms with van der Waals surface area (Å²) in [5.74, 6) is 0.679. The molecule has 0 spiro atoms. The van der Waals surface area contributed by atoms with Gasteiger partial charge in [0.05, 0.1) is 0 Å². The molecule has 1 aliphatic carbocycles. The number of carbonyl (C=O) groups is 2. The summed E-state index contributed by atoms with van der Waals surface area (Å²) in [7, 11) is 0. The molecule has 2 amide bonds. The van der Waals surface area contributed by atoms with Gasteiger partial charge in [-0.2, -0.15) is 0 Å². The second kappa shape index (κ2) is 5.88. The number of anilines is 1. The van der Waals surface area contributed by atoms with Crippen LogP contribution >= 0.6 is 0 Å². The van der Waals surface area contributed by atoms with E-state index in [1.165, 1.54) is 12.8 Å². The smallest absolute Gasteiger partial charge is 0.227 e.